The maximum absolute atomic E-state index is 12.4. The molecule has 1 fully saturated rings. The number of nitrogens with zero attached hydrogens (tertiary/aromatic N) is 2. The Morgan fingerprint density at radius 2 is 1.79 bits per heavy atom. The number of hydrogen-bond donors (Lipinski definition) is 2. The van der Waals surface area contributed by atoms with Gasteiger partial charge in [-0.05, 0) is 31.0 Å². The van der Waals surface area contributed by atoms with Gasteiger partial charge in [-0.15, -0.1) is 0 Å². The van der Waals surface area contributed by atoms with E-state index in [2.05, 4.69) is 9.88 Å². The van der Waals surface area contributed by atoms with Gasteiger partial charge in [0.25, 0.3) is 10.2 Å². The molecule has 0 amide bonds. The summed E-state index contributed by atoms with van der Waals surface area (Å²) in [5.74, 6) is 0. The van der Waals surface area contributed by atoms with E-state index in [4.69, 9.17) is 5.14 Å². The first-order valence-corrected chi connectivity index (χ1v) is 9.38. The smallest absolute Gasteiger partial charge is 0.276 e. The van der Waals surface area contributed by atoms with Crippen molar-refractivity contribution >= 4 is 21.1 Å². The molecule has 1 aromatic carbocycles. The van der Waals surface area contributed by atoms with E-state index in [9.17, 15) is 13.2 Å². The highest BCUT2D eigenvalue weighted by Gasteiger charge is 2.24. The first-order chi connectivity index (χ1) is 11.2. The summed E-state index contributed by atoms with van der Waals surface area (Å²) in [5.41, 5.74) is 3.82. The number of nitrogens with two attached hydrogens (primary N) is 1. The van der Waals surface area contributed by atoms with Crippen LogP contribution >= 0.6 is 0 Å². The standard InChI is InChI=1S/C16H22N4O3S/c1-11-7-12(2)16-14(8-11)15(21)9-13(18-16)10-19-3-5-20(6-4-19)24(17,22)23/h7-9H,3-6,10H2,1-2H3,(H,18,21)(H2,17,22,23). The molecular formula is C16H22N4O3S. The highest BCUT2D eigenvalue weighted by molar-refractivity contribution is 7.86. The number of aryl methyl sites for hydroxylation is 2. The molecule has 0 unspecified atom stereocenters. The molecule has 1 aromatic heterocycles. The number of piperazine rings is 1. The van der Waals surface area contributed by atoms with Crippen LogP contribution in [0.1, 0.15) is 16.8 Å². The van der Waals surface area contributed by atoms with Crippen LogP contribution in [-0.2, 0) is 16.8 Å². The minimum Gasteiger partial charge on any atom is -0.357 e. The average molecular weight is 350 g/mol. The van der Waals surface area contributed by atoms with E-state index in [1.165, 1.54) is 4.31 Å². The van der Waals surface area contributed by atoms with Crippen molar-refractivity contribution in [2.45, 2.75) is 20.4 Å². The Morgan fingerprint density at radius 1 is 1.12 bits per heavy atom. The molecule has 0 atom stereocenters. The molecule has 1 saturated heterocycles. The predicted octanol–water partition coefficient (Wildman–Crippen LogP) is 0.466. The maximum atomic E-state index is 12.4. The summed E-state index contributed by atoms with van der Waals surface area (Å²) in [6.07, 6.45) is 0. The van der Waals surface area contributed by atoms with Crippen molar-refractivity contribution in [3.63, 3.8) is 0 Å². The zero-order valence-corrected chi connectivity index (χ0v) is 14.7. The van der Waals surface area contributed by atoms with Gasteiger partial charge in [0, 0.05) is 49.9 Å². The second-order valence-corrected chi connectivity index (χ2v) is 7.93. The van der Waals surface area contributed by atoms with Crippen LogP contribution in [0.3, 0.4) is 0 Å². The van der Waals surface area contributed by atoms with Crippen LogP contribution in [0.2, 0.25) is 0 Å². The van der Waals surface area contributed by atoms with Crippen molar-refractivity contribution in [2.75, 3.05) is 26.2 Å². The molecule has 0 saturated carbocycles. The van der Waals surface area contributed by atoms with E-state index in [1.54, 1.807) is 6.07 Å². The minimum absolute atomic E-state index is 0.00808. The number of hydrogen-bond acceptors (Lipinski definition) is 4. The summed E-state index contributed by atoms with van der Waals surface area (Å²) in [6.45, 7) is 6.46. The van der Waals surface area contributed by atoms with E-state index >= 15 is 0 Å². The van der Waals surface area contributed by atoms with Gasteiger partial charge in [0.05, 0.1) is 5.52 Å². The van der Waals surface area contributed by atoms with Gasteiger partial charge in [0.15, 0.2) is 5.43 Å². The van der Waals surface area contributed by atoms with Crippen molar-refractivity contribution in [1.82, 2.24) is 14.2 Å². The lowest BCUT2D eigenvalue weighted by Crippen LogP contribution is -2.50. The number of pyridine rings is 1. The van der Waals surface area contributed by atoms with Crippen LogP contribution in [0.15, 0.2) is 23.0 Å². The van der Waals surface area contributed by atoms with Crippen molar-refractivity contribution in [1.29, 1.82) is 0 Å². The lowest BCUT2D eigenvalue weighted by Gasteiger charge is -2.32. The molecule has 2 aromatic rings. The Labute approximate surface area is 141 Å². The third kappa shape index (κ3) is 3.51. The van der Waals surface area contributed by atoms with Gasteiger partial charge in [0.2, 0.25) is 0 Å². The lowest BCUT2D eigenvalue weighted by atomic mass is 10.1. The number of H-pyrrole nitrogens is 1. The van der Waals surface area contributed by atoms with Gasteiger partial charge < -0.3 is 4.98 Å². The maximum Gasteiger partial charge on any atom is 0.276 e. The third-order valence-corrected chi connectivity index (χ3v) is 5.51. The lowest BCUT2D eigenvalue weighted by molar-refractivity contribution is 0.180. The van der Waals surface area contributed by atoms with E-state index in [0.29, 0.717) is 38.1 Å². The van der Waals surface area contributed by atoms with Crippen molar-refractivity contribution < 1.29 is 8.42 Å². The molecule has 7 nitrogen and oxygen atoms in total. The molecule has 0 radical (unpaired) electrons. The van der Waals surface area contributed by atoms with Crippen LogP contribution < -0.4 is 10.6 Å². The molecule has 1 aliphatic heterocycles. The highest BCUT2D eigenvalue weighted by Crippen LogP contribution is 2.17. The Balaban J connectivity index is 1.81. The Kier molecular flexibility index (Phi) is 4.48. The Morgan fingerprint density at radius 3 is 2.42 bits per heavy atom. The molecule has 130 valence electrons. The number of rotatable bonds is 3. The molecular weight excluding hydrogens is 328 g/mol. The van der Waals surface area contributed by atoms with E-state index in [0.717, 1.165) is 22.3 Å². The van der Waals surface area contributed by atoms with Crippen molar-refractivity contribution in [3.8, 4) is 0 Å². The summed E-state index contributed by atoms with van der Waals surface area (Å²) in [7, 11) is -3.62. The van der Waals surface area contributed by atoms with Crippen molar-refractivity contribution in [3.05, 3.63) is 45.2 Å². The van der Waals surface area contributed by atoms with Gasteiger partial charge in [0.1, 0.15) is 0 Å². The van der Waals surface area contributed by atoms with Crippen LogP contribution in [0.5, 0.6) is 0 Å². The summed E-state index contributed by atoms with van der Waals surface area (Å²) >= 11 is 0. The van der Waals surface area contributed by atoms with Crippen LogP contribution in [-0.4, -0.2) is 48.8 Å². The second kappa shape index (κ2) is 6.29. The van der Waals surface area contributed by atoms with E-state index in [1.807, 2.05) is 26.0 Å². The molecule has 2 heterocycles. The minimum atomic E-state index is -3.62. The second-order valence-electron chi connectivity index (χ2n) is 6.38. The normalized spacial score (nSPS) is 17.5. The molecule has 8 heteroatoms. The van der Waals surface area contributed by atoms with Crippen LogP contribution in [0, 0.1) is 13.8 Å². The Bertz CT molecular complexity index is 928. The largest absolute Gasteiger partial charge is 0.357 e. The van der Waals surface area contributed by atoms with Gasteiger partial charge >= 0.3 is 0 Å². The SMILES string of the molecule is Cc1cc(C)c2[nH]c(CN3CCN(S(N)(=O)=O)CC3)cc(=O)c2c1. The van der Waals surface area contributed by atoms with E-state index in [-0.39, 0.29) is 5.43 Å². The third-order valence-electron chi connectivity index (χ3n) is 4.42. The van der Waals surface area contributed by atoms with Crippen molar-refractivity contribution in [2.24, 2.45) is 5.14 Å². The van der Waals surface area contributed by atoms with Gasteiger partial charge in [-0.2, -0.15) is 12.7 Å². The topological polar surface area (TPSA) is 99.5 Å². The number of fused-ring (bicyclic) bond motifs is 1. The fourth-order valence-corrected chi connectivity index (χ4v) is 3.90. The van der Waals surface area contributed by atoms with Gasteiger partial charge in [-0.3, -0.25) is 9.69 Å². The molecule has 1 aliphatic rings. The molecule has 0 bridgehead atoms. The molecule has 3 N–H and O–H groups in total. The van der Waals surface area contributed by atoms with Crippen LogP contribution in [0.4, 0.5) is 0 Å². The monoisotopic (exact) mass is 350 g/mol. The molecule has 24 heavy (non-hydrogen) atoms. The quantitative estimate of drug-likeness (QED) is 0.840. The van der Waals surface area contributed by atoms with Gasteiger partial charge in [-0.25, -0.2) is 5.14 Å². The predicted molar refractivity (Wildman–Crippen MR) is 94.0 cm³/mol. The Hall–Kier alpha value is -1.74. The average Bonchev–Trinajstić information content (AvgIpc) is 2.48. The number of aromatic amines is 1. The summed E-state index contributed by atoms with van der Waals surface area (Å²) < 4.78 is 24.0. The molecule has 3 rings (SSSR count). The first-order valence-electron chi connectivity index (χ1n) is 7.87. The number of benzene rings is 1. The zero-order valence-electron chi connectivity index (χ0n) is 13.9. The molecule has 0 aliphatic carbocycles. The fraction of sp³-hybridized carbons (Fsp3) is 0.438. The van der Waals surface area contributed by atoms with Crippen LogP contribution in [0.25, 0.3) is 10.9 Å². The first kappa shape index (κ1) is 17.1. The molecule has 0 spiro atoms. The summed E-state index contributed by atoms with van der Waals surface area (Å²) in [4.78, 5) is 17.9. The van der Waals surface area contributed by atoms with Gasteiger partial charge in [-0.1, -0.05) is 6.07 Å². The fourth-order valence-electron chi connectivity index (χ4n) is 3.23. The van der Waals surface area contributed by atoms with E-state index < -0.39 is 10.2 Å². The summed E-state index contributed by atoms with van der Waals surface area (Å²) in [6, 6.07) is 5.58. The zero-order chi connectivity index (χ0) is 17.5. The summed E-state index contributed by atoms with van der Waals surface area (Å²) in [5, 5.41) is 5.86. The number of nitrogens with one attached hydrogen (secondary N) is 1. The highest BCUT2D eigenvalue weighted by atomic mass is 32.2. The number of aromatic nitrogens is 1.